The average Bonchev–Trinajstić information content (AvgIpc) is 2.24. The monoisotopic (exact) mass is 393 g/mol. The third kappa shape index (κ3) is 3.19. The number of carbonyl (C=O) groups excluding carboxylic acids is 1. The molecule has 84 valence electrons. The minimum atomic E-state index is -0.318. The lowest BCUT2D eigenvalue weighted by Crippen LogP contribution is -2.09. The van der Waals surface area contributed by atoms with Crippen LogP contribution in [0.15, 0.2) is 16.6 Å². The SMILES string of the molecule is CCOC(=O)Cc1c(Br)ccc(I)c1C#N. The van der Waals surface area contributed by atoms with E-state index in [2.05, 4.69) is 44.6 Å². The Balaban J connectivity index is 3.08. The van der Waals surface area contributed by atoms with Gasteiger partial charge in [0.1, 0.15) is 6.07 Å². The Morgan fingerprint density at radius 2 is 2.31 bits per heavy atom. The van der Waals surface area contributed by atoms with Gasteiger partial charge in [-0.15, -0.1) is 0 Å². The number of nitrogens with zero attached hydrogens (tertiary/aromatic N) is 1. The van der Waals surface area contributed by atoms with Crippen LogP contribution in [0, 0.1) is 14.9 Å². The van der Waals surface area contributed by atoms with Crippen molar-refractivity contribution in [2.75, 3.05) is 6.61 Å². The second-order valence-electron chi connectivity index (χ2n) is 2.98. The standard InChI is InChI=1S/C11H9BrINO2/c1-2-16-11(15)5-7-8(6-14)10(13)4-3-9(7)12/h3-4H,2,5H2,1H3. The third-order valence-electron chi connectivity index (χ3n) is 1.94. The summed E-state index contributed by atoms with van der Waals surface area (Å²) in [6, 6.07) is 5.77. The maximum Gasteiger partial charge on any atom is 0.310 e. The quantitative estimate of drug-likeness (QED) is 0.585. The molecule has 0 unspecified atom stereocenters. The first-order valence-corrected chi connectivity index (χ1v) is 6.50. The molecule has 0 radical (unpaired) electrons. The highest BCUT2D eigenvalue weighted by Crippen LogP contribution is 2.25. The third-order valence-corrected chi connectivity index (χ3v) is 3.59. The van der Waals surface area contributed by atoms with Gasteiger partial charge in [0.25, 0.3) is 0 Å². The first kappa shape index (κ1) is 13.5. The van der Waals surface area contributed by atoms with Crippen LogP contribution in [0.2, 0.25) is 0 Å². The van der Waals surface area contributed by atoms with E-state index in [0.29, 0.717) is 17.7 Å². The number of carbonyl (C=O) groups is 1. The molecule has 0 heterocycles. The molecule has 0 aliphatic carbocycles. The fourth-order valence-corrected chi connectivity index (χ4v) is 2.34. The Morgan fingerprint density at radius 3 is 2.88 bits per heavy atom. The van der Waals surface area contributed by atoms with E-state index < -0.39 is 0 Å². The molecule has 0 amide bonds. The van der Waals surface area contributed by atoms with Gasteiger partial charge in [-0.1, -0.05) is 15.9 Å². The molecule has 0 N–H and O–H groups in total. The molecule has 0 bridgehead atoms. The van der Waals surface area contributed by atoms with E-state index >= 15 is 0 Å². The number of nitriles is 1. The molecule has 0 aromatic heterocycles. The molecule has 0 spiro atoms. The molecule has 16 heavy (non-hydrogen) atoms. The van der Waals surface area contributed by atoms with Crippen molar-refractivity contribution in [3.63, 3.8) is 0 Å². The molecule has 0 saturated heterocycles. The normalized spacial score (nSPS) is 9.62. The summed E-state index contributed by atoms with van der Waals surface area (Å²) in [6.07, 6.45) is 0.119. The summed E-state index contributed by atoms with van der Waals surface area (Å²) in [5.74, 6) is -0.318. The highest BCUT2D eigenvalue weighted by atomic mass is 127. The largest absolute Gasteiger partial charge is 0.466 e. The van der Waals surface area contributed by atoms with Crippen molar-refractivity contribution in [2.45, 2.75) is 13.3 Å². The summed E-state index contributed by atoms with van der Waals surface area (Å²) in [5.41, 5.74) is 1.22. The van der Waals surface area contributed by atoms with E-state index in [0.717, 1.165) is 8.04 Å². The highest BCUT2D eigenvalue weighted by molar-refractivity contribution is 14.1. The van der Waals surface area contributed by atoms with Crippen molar-refractivity contribution in [1.82, 2.24) is 0 Å². The summed E-state index contributed by atoms with van der Waals surface area (Å²) in [4.78, 5) is 11.4. The van der Waals surface area contributed by atoms with Crippen LogP contribution in [0.3, 0.4) is 0 Å². The van der Waals surface area contributed by atoms with Crippen molar-refractivity contribution >= 4 is 44.5 Å². The zero-order valence-electron chi connectivity index (χ0n) is 8.59. The fourth-order valence-electron chi connectivity index (χ4n) is 1.24. The fraction of sp³-hybridized carbons (Fsp3) is 0.273. The number of hydrogen-bond acceptors (Lipinski definition) is 3. The van der Waals surface area contributed by atoms with Crippen molar-refractivity contribution in [3.8, 4) is 6.07 Å². The van der Waals surface area contributed by atoms with E-state index in [-0.39, 0.29) is 12.4 Å². The van der Waals surface area contributed by atoms with E-state index in [9.17, 15) is 4.79 Å². The van der Waals surface area contributed by atoms with Crippen LogP contribution in [0.1, 0.15) is 18.1 Å². The molecule has 0 saturated carbocycles. The molecule has 0 aliphatic heterocycles. The molecular formula is C11H9BrINO2. The Kier molecular flexibility index (Phi) is 5.22. The molecule has 1 aromatic rings. The van der Waals surface area contributed by atoms with Gasteiger partial charge < -0.3 is 4.74 Å². The summed E-state index contributed by atoms with van der Waals surface area (Å²) >= 11 is 5.41. The van der Waals surface area contributed by atoms with Gasteiger partial charge in [-0.2, -0.15) is 5.26 Å². The lowest BCUT2D eigenvalue weighted by Gasteiger charge is -2.08. The zero-order chi connectivity index (χ0) is 12.1. The minimum Gasteiger partial charge on any atom is -0.466 e. The van der Waals surface area contributed by atoms with Crippen LogP contribution in [0.25, 0.3) is 0 Å². The number of ether oxygens (including phenoxy) is 1. The number of hydrogen-bond donors (Lipinski definition) is 0. The lowest BCUT2D eigenvalue weighted by atomic mass is 10.1. The van der Waals surface area contributed by atoms with E-state index in [1.54, 1.807) is 6.92 Å². The number of benzene rings is 1. The lowest BCUT2D eigenvalue weighted by molar-refractivity contribution is -0.142. The molecule has 1 rings (SSSR count). The Hall–Kier alpha value is -0.610. The van der Waals surface area contributed by atoms with Crippen molar-refractivity contribution in [3.05, 3.63) is 31.3 Å². The average molecular weight is 394 g/mol. The van der Waals surface area contributed by atoms with Crippen LogP contribution < -0.4 is 0 Å². The van der Waals surface area contributed by atoms with Crippen LogP contribution >= 0.6 is 38.5 Å². The predicted octanol–water partition coefficient (Wildman–Crippen LogP) is 3.03. The minimum absolute atomic E-state index is 0.119. The van der Waals surface area contributed by atoms with Gasteiger partial charge in [0, 0.05) is 8.04 Å². The summed E-state index contributed by atoms with van der Waals surface area (Å²) in [6.45, 7) is 2.11. The van der Waals surface area contributed by atoms with E-state index in [1.807, 2.05) is 12.1 Å². The topological polar surface area (TPSA) is 50.1 Å². The smallest absolute Gasteiger partial charge is 0.310 e. The van der Waals surface area contributed by atoms with E-state index in [1.165, 1.54) is 0 Å². The molecule has 0 atom stereocenters. The zero-order valence-corrected chi connectivity index (χ0v) is 12.3. The first-order chi connectivity index (χ1) is 7.60. The second kappa shape index (κ2) is 6.21. The summed E-state index contributed by atoms with van der Waals surface area (Å²) < 4.78 is 6.47. The van der Waals surface area contributed by atoms with Crippen molar-refractivity contribution < 1.29 is 9.53 Å². The molecule has 1 aromatic carbocycles. The maximum atomic E-state index is 11.4. The van der Waals surface area contributed by atoms with Gasteiger partial charge in [-0.05, 0) is 47.2 Å². The molecule has 5 heteroatoms. The molecule has 0 aliphatic rings. The van der Waals surface area contributed by atoms with E-state index in [4.69, 9.17) is 10.00 Å². The van der Waals surface area contributed by atoms with Gasteiger partial charge in [0.05, 0.1) is 18.6 Å². The van der Waals surface area contributed by atoms with Crippen molar-refractivity contribution in [1.29, 1.82) is 5.26 Å². The number of esters is 1. The van der Waals surface area contributed by atoms with Gasteiger partial charge >= 0.3 is 5.97 Å². The Labute approximate surface area is 116 Å². The van der Waals surface area contributed by atoms with Crippen molar-refractivity contribution in [2.24, 2.45) is 0 Å². The summed E-state index contributed by atoms with van der Waals surface area (Å²) in [5, 5.41) is 9.04. The molecule has 0 fully saturated rings. The molecule has 3 nitrogen and oxygen atoms in total. The van der Waals surface area contributed by atoms with Crippen LogP contribution in [0.4, 0.5) is 0 Å². The van der Waals surface area contributed by atoms with Gasteiger partial charge in [0.2, 0.25) is 0 Å². The number of halogens is 2. The summed E-state index contributed by atoms with van der Waals surface area (Å²) in [7, 11) is 0. The van der Waals surface area contributed by atoms with Gasteiger partial charge in [0.15, 0.2) is 0 Å². The van der Waals surface area contributed by atoms with Crippen LogP contribution in [0.5, 0.6) is 0 Å². The predicted molar refractivity (Wildman–Crippen MR) is 71.9 cm³/mol. The van der Waals surface area contributed by atoms with Crippen LogP contribution in [-0.2, 0) is 16.0 Å². The van der Waals surface area contributed by atoms with Gasteiger partial charge in [-0.25, -0.2) is 0 Å². The second-order valence-corrected chi connectivity index (χ2v) is 4.99. The Bertz CT molecular complexity index is 454. The van der Waals surface area contributed by atoms with Crippen LogP contribution in [-0.4, -0.2) is 12.6 Å². The maximum absolute atomic E-state index is 11.4. The Morgan fingerprint density at radius 1 is 1.62 bits per heavy atom. The van der Waals surface area contributed by atoms with Gasteiger partial charge in [-0.3, -0.25) is 4.79 Å². The molecular weight excluding hydrogens is 385 g/mol. The first-order valence-electron chi connectivity index (χ1n) is 4.62. The number of rotatable bonds is 3. The highest BCUT2D eigenvalue weighted by Gasteiger charge is 2.14.